The van der Waals surface area contributed by atoms with E-state index in [-0.39, 0.29) is 0 Å². The maximum Gasteiger partial charge on any atom is 0.412 e. The van der Waals surface area contributed by atoms with Crippen molar-refractivity contribution < 1.29 is 24.1 Å². The van der Waals surface area contributed by atoms with E-state index in [1.54, 1.807) is 28.1 Å². The summed E-state index contributed by atoms with van der Waals surface area (Å²) in [6.07, 6.45) is 2.37. The molecule has 1 saturated heterocycles. The summed E-state index contributed by atoms with van der Waals surface area (Å²) in [5.41, 5.74) is -1.24. The average Bonchev–Trinajstić information content (AvgIpc) is 2.75. The molecule has 0 spiro atoms. The second-order valence-electron chi connectivity index (χ2n) is 6.89. The van der Waals surface area contributed by atoms with E-state index in [4.69, 9.17) is 14.2 Å². The van der Waals surface area contributed by atoms with Gasteiger partial charge < -0.3 is 19.3 Å². The van der Waals surface area contributed by atoms with Gasteiger partial charge in [0.15, 0.2) is 22.8 Å². The maximum atomic E-state index is 12.3. The van der Waals surface area contributed by atoms with Crippen molar-refractivity contribution in [3.8, 4) is 11.5 Å². The number of amides is 1. The Bertz CT molecular complexity index is 616. The van der Waals surface area contributed by atoms with Crippen molar-refractivity contribution in [3.05, 3.63) is 23.8 Å². The quantitative estimate of drug-likeness (QED) is 0.778. The number of aliphatic hydroxyl groups is 1. The van der Waals surface area contributed by atoms with Crippen LogP contribution in [0.3, 0.4) is 0 Å². The molecule has 1 heterocycles. The molecule has 1 aliphatic rings. The minimum Gasteiger partial charge on any atom is -0.493 e. The Kier molecular flexibility index (Phi) is 5.83. The molecule has 1 atom stereocenters. The van der Waals surface area contributed by atoms with Crippen LogP contribution in [0, 0.1) is 0 Å². The number of benzene rings is 1. The van der Waals surface area contributed by atoms with Gasteiger partial charge in [0.1, 0.15) is 0 Å². The number of carbonyl (C=O) groups excluding carboxylic acids is 1. The van der Waals surface area contributed by atoms with Crippen molar-refractivity contribution in [3.63, 3.8) is 0 Å². The molecule has 0 saturated carbocycles. The molecule has 1 aliphatic heterocycles. The lowest BCUT2D eigenvalue weighted by Crippen LogP contribution is -2.56. The minimum atomic E-state index is -1.29. The van der Waals surface area contributed by atoms with E-state index < -0.39 is 17.4 Å². The molecule has 140 valence electrons. The number of carbonyl (C=O) groups is 1. The first kappa shape index (κ1) is 19.4. The number of cyclic esters (lactones) is 1. The predicted octanol–water partition coefficient (Wildman–Crippen LogP) is 3.36. The summed E-state index contributed by atoms with van der Waals surface area (Å²) in [6, 6.07) is 5.65. The molecule has 25 heavy (non-hydrogen) atoms. The van der Waals surface area contributed by atoms with Crippen LogP contribution in [0.4, 0.5) is 4.79 Å². The molecule has 1 aromatic rings. The van der Waals surface area contributed by atoms with Gasteiger partial charge in [-0.05, 0) is 50.8 Å². The Labute approximate surface area is 149 Å². The van der Waals surface area contributed by atoms with E-state index in [0.717, 1.165) is 18.4 Å². The lowest BCUT2D eigenvalue weighted by Gasteiger charge is -2.38. The Morgan fingerprint density at radius 2 is 1.88 bits per heavy atom. The van der Waals surface area contributed by atoms with Gasteiger partial charge in [0.05, 0.1) is 14.2 Å². The molecule has 1 N–H and O–H groups in total. The van der Waals surface area contributed by atoms with Crippen LogP contribution in [0.1, 0.15) is 45.6 Å². The number of hydrogen-bond acceptors (Lipinski definition) is 5. The second kappa shape index (κ2) is 7.52. The number of methoxy groups -OCH3 is 2. The molecule has 2 rings (SSSR count). The Morgan fingerprint density at radius 1 is 1.20 bits per heavy atom. The predicted molar refractivity (Wildman–Crippen MR) is 95.0 cm³/mol. The van der Waals surface area contributed by atoms with Crippen LogP contribution in [0.15, 0.2) is 18.2 Å². The van der Waals surface area contributed by atoms with Crippen LogP contribution in [0.25, 0.3) is 0 Å². The lowest BCUT2D eigenvalue weighted by molar-refractivity contribution is -0.146. The van der Waals surface area contributed by atoms with E-state index in [2.05, 4.69) is 6.92 Å². The molecule has 6 heteroatoms. The largest absolute Gasteiger partial charge is 0.493 e. The van der Waals surface area contributed by atoms with Gasteiger partial charge in [-0.25, -0.2) is 4.79 Å². The summed E-state index contributed by atoms with van der Waals surface area (Å²) in [7, 11) is 3.18. The van der Waals surface area contributed by atoms with Gasteiger partial charge in [-0.1, -0.05) is 19.4 Å². The van der Waals surface area contributed by atoms with Crippen molar-refractivity contribution >= 4 is 6.09 Å². The van der Waals surface area contributed by atoms with Gasteiger partial charge in [-0.2, -0.15) is 0 Å². The fraction of sp³-hybridized carbons (Fsp3) is 0.632. The zero-order valence-electron chi connectivity index (χ0n) is 15.8. The zero-order valence-corrected chi connectivity index (χ0v) is 15.8. The molecule has 0 bridgehead atoms. The number of rotatable bonds is 8. The summed E-state index contributed by atoms with van der Waals surface area (Å²) >= 11 is 0. The van der Waals surface area contributed by atoms with Gasteiger partial charge in [-0.3, -0.25) is 4.90 Å². The van der Waals surface area contributed by atoms with Crippen LogP contribution in [0.5, 0.6) is 11.5 Å². The third kappa shape index (κ3) is 3.68. The number of hydrogen-bond donors (Lipinski definition) is 1. The molecule has 0 radical (unpaired) electrons. The highest BCUT2D eigenvalue weighted by Gasteiger charge is 2.58. The molecular weight excluding hydrogens is 322 g/mol. The van der Waals surface area contributed by atoms with Crippen LogP contribution in [-0.2, 0) is 11.2 Å². The van der Waals surface area contributed by atoms with Gasteiger partial charge in [0.2, 0.25) is 0 Å². The normalized spacial score (nSPS) is 22.0. The van der Waals surface area contributed by atoms with Crippen molar-refractivity contribution in [2.24, 2.45) is 0 Å². The number of unbranched alkanes of at least 4 members (excludes halogenated alkanes) is 1. The van der Waals surface area contributed by atoms with Crippen LogP contribution in [-0.4, -0.2) is 48.2 Å². The summed E-state index contributed by atoms with van der Waals surface area (Å²) < 4.78 is 16.0. The molecule has 1 amide bonds. The summed E-state index contributed by atoms with van der Waals surface area (Å²) in [5, 5.41) is 11.2. The van der Waals surface area contributed by atoms with E-state index >= 15 is 0 Å². The smallest absolute Gasteiger partial charge is 0.412 e. The van der Waals surface area contributed by atoms with Crippen LogP contribution < -0.4 is 9.47 Å². The SMILES string of the molecule is CCCCC1(O)N(CCc2ccc(OC)c(OC)c2)C(=O)OC1(C)C. The molecule has 1 aromatic carbocycles. The lowest BCUT2D eigenvalue weighted by atomic mass is 9.89. The van der Waals surface area contributed by atoms with Gasteiger partial charge in [0.25, 0.3) is 0 Å². The minimum absolute atomic E-state index is 0.373. The molecule has 0 aromatic heterocycles. The fourth-order valence-electron chi connectivity index (χ4n) is 3.24. The number of ether oxygens (including phenoxy) is 3. The van der Waals surface area contributed by atoms with Gasteiger partial charge >= 0.3 is 6.09 Å². The zero-order chi connectivity index (χ0) is 18.7. The summed E-state index contributed by atoms with van der Waals surface area (Å²) in [6.45, 7) is 5.95. The Balaban J connectivity index is 2.16. The molecule has 1 fully saturated rings. The third-order valence-electron chi connectivity index (χ3n) is 4.92. The summed E-state index contributed by atoms with van der Waals surface area (Å²) in [4.78, 5) is 13.8. The van der Waals surface area contributed by atoms with Crippen LogP contribution in [0.2, 0.25) is 0 Å². The first-order chi connectivity index (χ1) is 11.8. The number of nitrogens with zero attached hydrogens (tertiary/aromatic N) is 1. The highest BCUT2D eigenvalue weighted by atomic mass is 16.6. The molecule has 0 aliphatic carbocycles. The third-order valence-corrected chi connectivity index (χ3v) is 4.92. The highest BCUT2D eigenvalue weighted by Crippen LogP contribution is 2.41. The van der Waals surface area contributed by atoms with Gasteiger partial charge in [-0.15, -0.1) is 0 Å². The van der Waals surface area contributed by atoms with E-state index in [1.165, 1.54) is 4.90 Å². The highest BCUT2D eigenvalue weighted by molar-refractivity contribution is 5.72. The standard InChI is InChI=1S/C19H29NO5/c1-6-7-11-19(22)18(2,3)25-17(21)20(19)12-10-14-8-9-15(23-4)16(13-14)24-5/h8-9,13,22H,6-7,10-12H2,1-5H3. The monoisotopic (exact) mass is 351 g/mol. The van der Waals surface area contributed by atoms with E-state index in [0.29, 0.717) is 30.9 Å². The van der Waals surface area contributed by atoms with E-state index in [1.807, 2.05) is 18.2 Å². The van der Waals surface area contributed by atoms with Crippen molar-refractivity contribution in [1.29, 1.82) is 0 Å². The van der Waals surface area contributed by atoms with Gasteiger partial charge in [0, 0.05) is 6.54 Å². The first-order valence-electron chi connectivity index (χ1n) is 8.73. The van der Waals surface area contributed by atoms with Crippen molar-refractivity contribution in [2.45, 2.75) is 57.8 Å². The molecule has 6 nitrogen and oxygen atoms in total. The van der Waals surface area contributed by atoms with Crippen molar-refractivity contribution in [2.75, 3.05) is 20.8 Å². The first-order valence-corrected chi connectivity index (χ1v) is 8.73. The Hall–Kier alpha value is -1.95. The van der Waals surface area contributed by atoms with Crippen LogP contribution >= 0.6 is 0 Å². The topological polar surface area (TPSA) is 68.2 Å². The van der Waals surface area contributed by atoms with E-state index in [9.17, 15) is 9.90 Å². The molecule has 1 unspecified atom stereocenters. The average molecular weight is 351 g/mol. The fourth-order valence-corrected chi connectivity index (χ4v) is 3.24. The Morgan fingerprint density at radius 3 is 2.48 bits per heavy atom. The maximum absolute atomic E-state index is 12.3. The second-order valence-corrected chi connectivity index (χ2v) is 6.89. The molecular formula is C19H29NO5. The van der Waals surface area contributed by atoms with Crippen molar-refractivity contribution in [1.82, 2.24) is 4.90 Å². The summed E-state index contributed by atoms with van der Waals surface area (Å²) in [5.74, 6) is 1.30.